The zero-order valence-corrected chi connectivity index (χ0v) is 23.1. The molecule has 6 heteroatoms. The molecule has 206 valence electrons. The van der Waals surface area contributed by atoms with Gasteiger partial charge in [0, 0.05) is 43.5 Å². The van der Waals surface area contributed by atoms with E-state index in [0.29, 0.717) is 38.5 Å². The number of nitrogens with zero attached hydrogens (tertiary/aromatic N) is 3. The summed E-state index contributed by atoms with van der Waals surface area (Å²) < 4.78 is 7.42. The van der Waals surface area contributed by atoms with Gasteiger partial charge in [-0.3, -0.25) is 14.5 Å². The summed E-state index contributed by atoms with van der Waals surface area (Å²) in [4.78, 5) is 31.7. The van der Waals surface area contributed by atoms with Gasteiger partial charge >= 0.3 is 0 Å². The van der Waals surface area contributed by atoms with Crippen LogP contribution in [0.2, 0.25) is 0 Å². The molecule has 5 aromatic rings. The summed E-state index contributed by atoms with van der Waals surface area (Å²) in [5.74, 6) is -0.181. The maximum Gasteiger partial charge on any atom is 0.296 e. The maximum absolute atomic E-state index is 13.9. The Balaban J connectivity index is 1.24. The summed E-state index contributed by atoms with van der Waals surface area (Å²) in [7, 11) is 0. The molecule has 2 aromatic heterocycles. The molecule has 3 aromatic carbocycles. The Hall–Kier alpha value is -4.68. The molecule has 1 saturated heterocycles. The largest absolute Gasteiger partial charge is 0.494 e. The highest BCUT2D eigenvalue weighted by Crippen LogP contribution is 2.32. The minimum absolute atomic E-state index is 0.0891. The van der Waals surface area contributed by atoms with Crippen LogP contribution in [0.4, 0.5) is 0 Å². The molecule has 0 N–H and O–H groups in total. The molecular formula is C35H33N3O3. The van der Waals surface area contributed by atoms with Crippen LogP contribution in [0.15, 0.2) is 115 Å². The number of pyridine rings is 1. The topological polar surface area (TPSA) is 54.3 Å². The molecule has 1 amide bonds. The number of ether oxygens (including phenoxy) is 1. The van der Waals surface area contributed by atoms with Crippen LogP contribution in [-0.2, 0) is 4.79 Å². The number of aromatic nitrogens is 1. The molecule has 1 aliphatic rings. The van der Waals surface area contributed by atoms with Crippen LogP contribution in [0.25, 0.3) is 16.6 Å². The fourth-order valence-electron chi connectivity index (χ4n) is 5.79. The van der Waals surface area contributed by atoms with Crippen LogP contribution in [0.5, 0.6) is 5.75 Å². The first-order chi connectivity index (χ1) is 20.1. The van der Waals surface area contributed by atoms with Gasteiger partial charge in [-0.15, -0.1) is 0 Å². The van der Waals surface area contributed by atoms with Crippen molar-refractivity contribution in [3.8, 4) is 16.9 Å². The van der Waals surface area contributed by atoms with Crippen LogP contribution in [0, 0.1) is 0 Å². The van der Waals surface area contributed by atoms with Crippen molar-refractivity contribution in [1.29, 1.82) is 0 Å². The summed E-state index contributed by atoms with van der Waals surface area (Å²) in [5, 5.41) is 0. The molecule has 1 fully saturated rings. The number of benzene rings is 3. The minimum atomic E-state index is -0.490. The van der Waals surface area contributed by atoms with E-state index < -0.39 is 11.7 Å². The number of ketones is 1. The molecule has 0 aliphatic carbocycles. The van der Waals surface area contributed by atoms with Gasteiger partial charge in [-0.1, -0.05) is 78.9 Å². The van der Waals surface area contributed by atoms with Crippen molar-refractivity contribution >= 4 is 17.2 Å². The summed E-state index contributed by atoms with van der Waals surface area (Å²) in [6.45, 7) is 4.85. The molecule has 41 heavy (non-hydrogen) atoms. The molecule has 3 heterocycles. The molecule has 0 saturated carbocycles. The molecule has 6 nitrogen and oxygen atoms in total. The van der Waals surface area contributed by atoms with Crippen molar-refractivity contribution in [1.82, 2.24) is 14.2 Å². The third kappa shape index (κ3) is 5.39. The predicted molar refractivity (Wildman–Crippen MR) is 161 cm³/mol. The van der Waals surface area contributed by atoms with Gasteiger partial charge in [0.2, 0.25) is 0 Å². The van der Waals surface area contributed by atoms with Gasteiger partial charge in [0.05, 0.1) is 12.6 Å². The summed E-state index contributed by atoms with van der Waals surface area (Å²) >= 11 is 0. The Kier molecular flexibility index (Phi) is 7.65. The number of rotatable bonds is 8. The second-order valence-corrected chi connectivity index (χ2v) is 10.2. The molecule has 0 bridgehead atoms. The number of Topliss-reactive ketones (excluding diaryl/α,β-unsaturated/α-hetero) is 1. The van der Waals surface area contributed by atoms with Gasteiger partial charge in [-0.25, -0.2) is 0 Å². The van der Waals surface area contributed by atoms with Gasteiger partial charge < -0.3 is 14.0 Å². The monoisotopic (exact) mass is 543 g/mol. The van der Waals surface area contributed by atoms with E-state index in [4.69, 9.17) is 4.74 Å². The summed E-state index contributed by atoms with van der Waals surface area (Å²) in [6.07, 6.45) is 1.84. The first-order valence-electron chi connectivity index (χ1n) is 14.1. The Labute approximate surface area is 240 Å². The van der Waals surface area contributed by atoms with E-state index in [1.54, 1.807) is 4.90 Å². The van der Waals surface area contributed by atoms with Gasteiger partial charge in [-0.2, -0.15) is 0 Å². The Morgan fingerprint density at radius 1 is 0.756 bits per heavy atom. The lowest BCUT2D eigenvalue weighted by Crippen LogP contribution is -2.51. The first kappa shape index (κ1) is 26.5. The molecule has 1 aliphatic heterocycles. The zero-order valence-electron chi connectivity index (χ0n) is 23.1. The lowest BCUT2D eigenvalue weighted by atomic mass is 9.96. The Bertz CT molecular complexity index is 1600. The highest BCUT2D eigenvalue weighted by atomic mass is 16.5. The Morgan fingerprint density at radius 2 is 1.37 bits per heavy atom. The molecule has 0 spiro atoms. The van der Waals surface area contributed by atoms with Gasteiger partial charge in [0.15, 0.2) is 0 Å². The predicted octanol–water partition coefficient (Wildman–Crippen LogP) is 6.12. The van der Waals surface area contributed by atoms with E-state index in [9.17, 15) is 9.59 Å². The highest BCUT2D eigenvalue weighted by molar-refractivity contribution is 6.43. The van der Waals surface area contributed by atoms with Crippen LogP contribution in [-0.4, -0.2) is 58.7 Å². The maximum atomic E-state index is 13.9. The lowest BCUT2D eigenvalue weighted by molar-refractivity contribution is -0.128. The van der Waals surface area contributed by atoms with Crippen molar-refractivity contribution in [3.63, 3.8) is 0 Å². The van der Waals surface area contributed by atoms with E-state index in [1.165, 1.54) is 11.1 Å². The Morgan fingerprint density at radius 3 is 1.98 bits per heavy atom. The molecule has 0 atom stereocenters. The van der Waals surface area contributed by atoms with Crippen LogP contribution >= 0.6 is 0 Å². The zero-order chi connectivity index (χ0) is 28.2. The van der Waals surface area contributed by atoms with Gasteiger partial charge in [0.25, 0.3) is 11.7 Å². The van der Waals surface area contributed by atoms with Crippen LogP contribution in [0.3, 0.4) is 0 Å². The fraction of sp³-hybridized carbons (Fsp3) is 0.200. The van der Waals surface area contributed by atoms with E-state index in [2.05, 4.69) is 53.4 Å². The average Bonchev–Trinajstić information content (AvgIpc) is 3.42. The van der Waals surface area contributed by atoms with Crippen molar-refractivity contribution in [2.45, 2.75) is 13.0 Å². The fourth-order valence-corrected chi connectivity index (χ4v) is 5.79. The van der Waals surface area contributed by atoms with Crippen molar-refractivity contribution in [3.05, 3.63) is 132 Å². The van der Waals surface area contributed by atoms with E-state index in [0.717, 1.165) is 22.4 Å². The van der Waals surface area contributed by atoms with Crippen LogP contribution < -0.4 is 4.74 Å². The number of carbonyl (C=O) groups is 2. The number of fused-ring (bicyclic) bond motifs is 1. The third-order valence-electron chi connectivity index (χ3n) is 7.76. The van der Waals surface area contributed by atoms with E-state index >= 15 is 0 Å². The lowest BCUT2D eigenvalue weighted by Gasteiger charge is -2.39. The van der Waals surface area contributed by atoms with Crippen molar-refractivity contribution in [2.24, 2.45) is 0 Å². The second kappa shape index (κ2) is 11.8. The minimum Gasteiger partial charge on any atom is -0.494 e. The second-order valence-electron chi connectivity index (χ2n) is 10.2. The number of carbonyl (C=O) groups excluding carboxylic acids is 2. The normalized spacial score (nSPS) is 14.0. The van der Waals surface area contributed by atoms with Gasteiger partial charge in [0.1, 0.15) is 11.4 Å². The molecule has 6 rings (SSSR count). The first-order valence-corrected chi connectivity index (χ1v) is 14.1. The smallest absolute Gasteiger partial charge is 0.296 e. The molecular weight excluding hydrogens is 510 g/mol. The van der Waals surface area contributed by atoms with Gasteiger partial charge in [-0.05, 0) is 53.9 Å². The standard InChI is InChI=1S/C35H33N3O3/c1-2-41-30-18-16-26(17-19-30)31-25-29-15-9-10-20-38(29)33(31)34(39)35(40)37-23-21-36(22-24-37)32(27-11-5-3-6-12-27)28-13-7-4-8-14-28/h3-20,25,32H,2,21-24H2,1H3. The highest BCUT2D eigenvalue weighted by Gasteiger charge is 2.33. The number of amides is 1. The third-order valence-corrected chi connectivity index (χ3v) is 7.76. The SMILES string of the molecule is CCOc1ccc(-c2cc3ccccn3c2C(=O)C(=O)N2CCN(C(c3ccccc3)c3ccccc3)CC2)cc1. The van der Waals surface area contributed by atoms with Crippen molar-refractivity contribution < 1.29 is 14.3 Å². The summed E-state index contributed by atoms with van der Waals surface area (Å²) in [5.41, 5.74) is 5.30. The van der Waals surface area contributed by atoms with E-state index in [1.807, 2.05) is 78.2 Å². The number of hydrogen-bond donors (Lipinski definition) is 0. The summed E-state index contributed by atoms with van der Waals surface area (Å²) in [6, 6.07) is 36.4. The average molecular weight is 544 g/mol. The quantitative estimate of drug-likeness (QED) is 0.175. The number of piperazine rings is 1. The van der Waals surface area contributed by atoms with Crippen LogP contribution in [0.1, 0.15) is 34.6 Å². The molecule has 0 unspecified atom stereocenters. The van der Waals surface area contributed by atoms with Crippen molar-refractivity contribution in [2.75, 3.05) is 32.8 Å². The van der Waals surface area contributed by atoms with E-state index in [-0.39, 0.29) is 6.04 Å². The number of hydrogen-bond acceptors (Lipinski definition) is 4. The molecule has 0 radical (unpaired) electrons.